The summed E-state index contributed by atoms with van der Waals surface area (Å²) in [6, 6.07) is 12.7. The van der Waals surface area contributed by atoms with Gasteiger partial charge in [-0.15, -0.1) is 0 Å². The van der Waals surface area contributed by atoms with E-state index in [0.29, 0.717) is 23.3 Å². The average Bonchev–Trinajstić information content (AvgIpc) is 3.23. The van der Waals surface area contributed by atoms with Crippen molar-refractivity contribution in [2.75, 3.05) is 5.32 Å². The monoisotopic (exact) mass is 373 g/mol. The maximum atomic E-state index is 12.8. The van der Waals surface area contributed by atoms with Crippen molar-refractivity contribution in [2.24, 2.45) is 0 Å². The topological polar surface area (TPSA) is 92.7 Å². The van der Waals surface area contributed by atoms with Gasteiger partial charge in [0.1, 0.15) is 11.2 Å². The highest BCUT2D eigenvalue weighted by Gasteiger charge is 2.16. The fourth-order valence-electron chi connectivity index (χ4n) is 3.11. The van der Waals surface area contributed by atoms with E-state index in [1.165, 1.54) is 0 Å². The first-order valence-corrected chi connectivity index (χ1v) is 8.99. The summed E-state index contributed by atoms with van der Waals surface area (Å²) >= 11 is 0. The van der Waals surface area contributed by atoms with Crippen LogP contribution in [0.25, 0.3) is 22.3 Å². The van der Waals surface area contributed by atoms with Crippen LogP contribution in [0.15, 0.2) is 59.7 Å². The first kappa shape index (κ1) is 17.7. The molecule has 0 fully saturated rings. The molecule has 28 heavy (non-hydrogen) atoms. The summed E-state index contributed by atoms with van der Waals surface area (Å²) in [5.74, 6) is -0.441. The molecule has 3 aromatic heterocycles. The van der Waals surface area contributed by atoms with E-state index in [1.807, 2.05) is 36.6 Å². The molecular formula is C21H19N5O2. The number of nitrogens with one attached hydrogen (secondary N) is 2. The summed E-state index contributed by atoms with van der Waals surface area (Å²) in [5, 5.41) is 10.1. The lowest BCUT2D eigenvalue weighted by atomic mass is 10.1. The molecule has 0 bridgehead atoms. The molecular weight excluding hydrogens is 354 g/mol. The number of aromatic nitrogens is 4. The van der Waals surface area contributed by atoms with Crippen LogP contribution < -0.4 is 10.7 Å². The van der Waals surface area contributed by atoms with E-state index in [0.717, 1.165) is 17.0 Å². The maximum absolute atomic E-state index is 12.8. The number of pyridine rings is 2. The summed E-state index contributed by atoms with van der Waals surface area (Å²) in [4.78, 5) is 30.0. The van der Waals surface area contributed by atoms with Crippen LogP contribution >= 0.6 is 0 Å². The Labute approximate surface area is 161 Å². The van der Waals surface area contributed by atoms with Gasteiger partial charge < -0.3 is 9.88 Å². The van der Waals surface area contributed by atoms with Crippen molar-refractivity contribution < 1.29 is 4.79 Å². The molecule has 0 saturated carbocycles. The first-order chi connectivity index (χ1) is 13.6. The molecule has 1 aromatic carbocycles. The van der Waals surface area contributed by atoms with Crippen LogP contribution in [0.1, 0.15) is 23.0 Å². The third-order valence-electron chi connectivity index (χ3n) is 4.60. The number of amides is 1. The van der Waals surface area contributed by atoms with Gasteiger partial charge in [-0.25, -0.2) is 4.98 Å². The predicted molar refractivity (Wildman–Crippen MR) is 108 cm³/mol. The van der Waals surface area contributed by atoms with E-state index in [2.05, 4.69) is 20.5 Å². The van der Waals surface area contributed by atoms with Gasteiger partial charge in [-0.1, -0.05) is 12.1 Å². The van der Waals surface area contributed by atoms with Gasteiger partial charge in [0.2, 0.25) is 5.43 Å². The fourth-order valence-corrected chi connectivity index (χ4v) is 3.11. The molecule has 4 aromatic rings. The van der Waals surface area contributed by atoms with Crippen molar-refractivity contribution in [3.8, 4) is 11.3 Å². The molecule has 0 aliphatic carbocycles. The second-order valence-corrected chi connectivity index (χ2v) is 6.48. The van der Waals surface area contributed by atoms with Gasteiger partial charge in [0, 0.05) is 30.3 Å². The number of carbonyl (C=O) groups excluding carboxylic acids is 1. The first-order valence-electron chi connectivity index (χ1n) is 8.99. The molecule has 4 rings (SSSR count). The Kier molecular flexibility index (Phi) is 4.49. The molecule has 7 nitrogen and oxygen atoms in total. The number of aromatic amines is 1. The van der Waals surface area contributed by atoms with E-state index in [4.69, 9.17) is 0 Å². The van der Waals surface area contributed by atoms with Crippen LogP contribution in [0.5, 0.6) is 0 Å². The summed E-state index contributed by atoms with van der Waals surface area (Å²) in [7, 11) is 0. The Morgan fingerprint density at radius 3 is 2.61 bits per heavy atom. The number of H-pyrrole nitrogens is 1. The van der Waals surface area contributed by atoms with Crippen molar-refractivity contribution in [2.45, 2.75) is 20.4 Å². The Bertz CT molecular complexity index is 1210. The highest BCUT2D eigenvalue weighted by Crippen LogP contribution is 2.19. The minimum absolute atomic E-state index is 0.0950. The molecule has 7 heteroatoms. The molecule has 0 radical (unpaired) electrons. The van der Waals surface area contributed by atoms with Crippen molar-refractivity contribution in [1.82, 2.24) is 19.7 Å². The van der Waals surface area contributed by atoms with Crippen LogP contribution in [0.2, 0.25) is 0 Å². The largest absolute Gasteiger partial charge is 0.332 e. The number of benzene rings is 1. The van der Waals surface area contributed by atoms with Crippen LogP contribution in [-0.2, 0) is 6.54 Å². The quantitative estimate of drug-likeness (QED) is 0.574. The summed E-state index contributed by atoms with van der Waals surface area (Å²) in [5.41, 5.74) is 3.64. The second-order valence-electron chi connectivity index (χ2n) is 6.48. The van der Waals surface area contributed by atoms with Gasteiger partial charge in [-0.05, 0) is 49.7 Å². The smallest absolute Gasteiger partial charge is 0.261 e. The predicted octanol–water partition coefficient (Wildman–Crippen LogP) is 3.37. The van der Waals surface area contributed by atoms with Gasteiger partial charge in [0.25, 0.3) is 5.91 Å². The molecule has 0 atom stereocenters. The molecule has 0 aliphatic rings. The number of anilines is 1. The molecule has 2 N–H and O–H groups in total. The van der Waals surface area contributed by atoms with Crippen LogP contribution in [-0.4, -0.2) is 25.7 Å². The lowest BCUT2D eigenvalue weighted by Gasteiger charge is -2.12. The number of hydrogen-bond donors (Lipinski definition) is 2. The SMILES string of the molecule is CCn1cc(C(=O)Nc2ccc(-c3ccn[nH]3)cc2)c(=O)c2ccc(C)nc21. The van der Waals surface area contributed by atoms with Crippen molar-refractivity contribution in [3.63, 3.8) is 0 Å². The minimum atomic E-state index is -0.441. The van der Waals surface area contributed by atoms with Gasteiger partial charge >= 0.3 is 0 Å². The van der Waals surface area contributed by atoms with Crippen LogP contribution in [0, 0.1) is 6.92 Å². The number of carbonyl (C=O) groups is 1. The average molecular weight is 373 g/mol. The van der Waals surface area contributed by atoms with E-state index in [9.17, 15) is 9.59 Å². The van der Waals surface area contributed by atoms with Gasteiger partial charge in [-0.2, -0.15) is 5.10 Å². The zero-order chi connectivity index (χ0) is 19.7. The highest BCUT2D eigenvalue weighted by molar-refractivity contribution is 6.05. The Morgan fingerprint density at radius 2 is 1.93 bits per heavy atom. The number of aryl methyl sites for hydroxylation is 2. The maximum Gasteiger partial charge on any atom is 0.261 e. The zero-order valence-corrected chi connectivity index (χ0v) is 15.6. The standard InChI is InChI=1S/C21H19N5O2/c1-3-26-12-17(19(27)16-9-4-13(2)23-20(16)26)21(28)24-15-7-5-14(6-8-15)18-10-11-22-25-18/h4-12H,3H2,1-2H3,(H,22,25)(H,24,28). The number of rotatable bonds is 4. The van der Waals surface area contributed by atoms with Gasteiger partial charge in [0.15, 0.2) is 0 Å². The van der Waals surface area contributed by atoms with E-state index in [1.54, 1.807) is 36.7 Å². The van der Waals surface area contributed by atoms with E-state index in [-0.39, 0.29) is 11.0 Å². The summed E-state index contributed by atoms with van der Waals surface area (Å²) in [6.07, 6.45) is 3.26. The molecule has 140 valence electrons. The summed E-state index contributed by atoms with van der Waals surface area (Å²) < 4.78 is 1.82. The Morgan fingerprint density at radius 1 is 1.14 bits per heavy atom. The van der Waals surface area contributed by atoms with Gasteiger partial charge in [-0.3, -0.25) is 14.7 Å². The van der Waals surface area contributed by atoms with Crippen molar-refractivity contribution in [3.05, 3.63) is 76.3 Å². The molecule has 0 saturated heterocycles. The van der Waals surface area contributed by atoms with Crippen LogP contribution in [0.4, 0.5) is 5.69 Å². The molecule has 1 amide bonds. The lowest BCUT2D eigenvalue weighted by molar-refractivity contribution is 0.102. The van der Waals surface area contributed by atoms with Gasteiger partial charge in [0.05, 0.1) is 11.1 Å². The van der Waals surface area contributed by atoms with Crippen LogP contribution in [0.3, 0.4) is 0 Å². The number of fused-ring (bicyclic) bond motifs is 1. The van der Waals surface area contributed by atoms with E-state index >= 15 is 0 Å². The second kappa shape index (κ2) is 7.11. The minimum Gasteiger partial charge on any atom is -0.332 e. The Hall–Kier alpha value is -3.74. The number of hydrogen-bond acceptors (Lipinski definition) is 4. The molecule has 3 heterocycles. The highest BCUT2D eigenvalue weighted by atomic mass is 16.2. The molecule has 0 aliphatic heterocycles. The fraction of sp³-hybridized carbons (Fsp3) is 0.143. The molecule has 0 unspecified atom stereocenters. The molecule has 0 spiro atoms. The number of nitrogens with zero attached hydrogens (tertiary/aromatic N) is 3. The lowest BCUT2D eigenvalue weighted by Crippen LogP contribution is -2.24. The third-order valence-corrected chi connectivity index (χ3v) is 4.60. The van der Waals surface area contributed by atoms with Crippen molar-refractivity contribution >= 4 is 22.6 Å². The summed E-state index contributed by atoms with van der Waals surface area (Å²) in [6.45, 7) is 4.42. The third kappa shape index (κ3) is 3.18. The van der Waals surface area contributed by atoms with E-state index < -0.39 is 5.91 Å². The normalized spacial score (nSPS) is 10.9. The Balaban J connectivity index is 1.66. The van der Waals surface area contributed by atoms with Crippen molar-refractivity contribution in [1.29, 1.82) is 0 Å². The zero-order valence-electron chi connectivity index (χ0n) is 15.6.